The van der Waals surface area contributed by atoms with Crippen LogP contribution in [-0.2, 0) is 4.79 Å². The van der Waals surface area contributed by atoms with E-state index < -0.39 is 0 Å². The first kappa shape index (κ1) is 16.3. The molecule has 0 aliphatic carbocycles. The molecule has 1 amide bonds. The molecule has 1 aromatic carbocycles. The third-order valence-electron chi connectivity index (χ3n) is 2.59. The Morgan fingerprint density at radius 1 is 1.33 bits per heavy atom. The number of thioether (sulfide) groups is 1. The van der Waals surface area contributed by atoms with Crippen molar-refractivity contribution in [2.45, 2.75) is 31.1 Å². The molecule has 112 valence electrons. The largest absolute Gasteiger partial charge is 0.301 e. The number of hydrogen-bond donors (Lipinski definition) is 1. The first-order chi connectivity index (χ1) is 10.0. The van der Waals surface area contributed by atoms with Gasteiger partial charge in [0.2, 0.25) is 11.0 Å². The number of halogens is 1. The molecular formula is C14H16ClN3OS2. The normalized spacial score (nSPS) is 10.9. The molecule has 21 heavy (non-hydrogen) atoms. The van der Waals surface area contributed by atoms with Crippen molar-refractivity contribution in [3.05, 3.63) is 34.3 Å². The van der Waals surface area contributed by atoms with Crippen LogP contribution in [0.5, 0.6) is 0 Å². The van der Waals surface area contributed by atoms with Crippen molar-refractivity contribution in [1.29, 1.82) is 0 Å². The number of carbonyl (C=O) groups is 1. The number of nitrogens with zero attached hydrogens (tertiary/aromatic N) is 2. The van der Waals surface area contributed by atoms with E-state index >= 15 is 0 Å². The molecule has 1 heterocycles. The predicted molar refractivity (Wildman–Crippen MR) is 89.4 cm³/mol. The number of nitrogens with one attached hydrogen (secondary N) is 1. The lowest BCUT2D eigenvalue weighted by Gasteiger charge is -2.02. The van der Waals surface area contributed by atoms with Gasteiger partial charge in [0.15, 0.2) is 0 Å². The lowest BCUT2D eigenvalue weighted by molar-refractivity contribution is -0.115. The first-order valence-corrected chi connectivity index (χ1v) is 8.74. The summed E-state index contributed by atoms with van der Waals surface area (Å²) >= 11 is 8.88. The molecule has 0 bridgehead atoms. The molecule has 1 N–H and O–H groups in total. The Labute approximate surface area is 137 Å². The minimum atomic E-state index is -0.0390. The van der Waals surface area contributed by atoms with Crippen molar-refractivity contribution in [3.63, 3.8) is 0 Å². The maximum absolute atomic E-state index is 11.8. The van der Waals surface area contributed by atoms with E-state index in [1.807, 2.05) is 24.3 Å². The molecule has 0 spiro atoms. The quantitative estimate of drug-likeness (QED) is 0.789. The lowest BCUT2D eigenvalue weighted by atomic mass is 10.2. The van der Waals surface area contributed by atoms with Gasteiger partial charge in [-0.3, -0.25) is 4.79 Å². The van der Waals surface area contributed by atoms with Gasteiger partial charge in [0.1, 0.15) is 5.01 Å². The van der Waals surface area contributed by atoms with Gasteiger partial charge in [0, 0.05) is 28.0 Å². The smallest absolute Gasteiger partial charge is 0.227 e. The minimum absolute atomic E-state index is 0.0390. The van der Waals surface area contributed by atoms with Crippen LogP contribution < -0.4 is 5.32 Å². The van der Waals surface area contributed by atoms with Crippen LogP contribution in [0.25, 0.3) is 0 Å². The zero-order chi connectivity index (χ0) is 15.2. The number of aromatic nitrogens is 2. The summed E-state index contributed by atoms with van der Waals surface area (Å²) in [6.45, 7) is 4.10. The molecule has 0 saturated carbocycles. The summed E-state index contributed by atoms with van der Waals surface area (Å²) in [5.74, 6) is 1.00. The predicted octanol–water partition coefficient (Wildman–Crippen LogP) is 4.44. The Morgan fingerprint density at radius 2 is 2.05 bits per heavy atom. The van der Waals surface area contributed by atoms with Crippen LogP contribution in [-0.4, -0.2) is 21.9 Å². The van der Waals surface area contributed by atoms with Gasteiger partial charge in [0.25, 0.3) is 0 Å². The molecule has 7 heteroatoms. The van der Waals surface area contributed by atoms with Crippen molar-refractivity contribution >= 4 is 45.7 Å². The van der Waals surface area contributed by atoms with E-state index in [1.54, 1.807) is 11.8 Å². The van der Waals surface area contributed by atoms with Gasteiger partial charge >= 0.3 is 0 Å². The van der Waals surface area contributed by atoms with Gasteiger partial charge in [-0.25, -0.2) is 0 Å². The summed E-state index contributed by atoms with van der Waals surface area (Å²) in [5.41, 5.74) is 0. The standard InChI is InChI=1S/C14H16ClN3OS2/c1-9(2)13-17-18-14(21-13)16-12(19)7-8-20-11-5-3-10(15)4-6-11/h3-6,9H,7-8H2,1-2H3,(H,16,18,19). The Balaban J connectivity index is 1.75. The highest BCUT2D eigenvalue weighted by molar-refractivity contribution is 7.99. The fourth-order valence-electron chi connectivity index (χ4n) is 1.49. The average molecular weight is 342 g/mol. The first-order valence-electron chi connectivity index (χ1n) is 6.56. The van der Waals surface area contributed by atoms with Gasteiger partial charge in [-0.05, 0) is 24.3 Å². The second kappa shape index (κ2) is 7.77. The highest BCUT2D eigenvalue weighted by Gasteiger charge is 2.10. The topological polar surface area (TPSA) is 54.9 Å². The number of hydrogen-bond acceptors (Lipinski definition) is 5. The van der Waals surface area contributed by atoms with E-state index in [9.17, 15) is 4.79 Å². The summed E-state index contributed by atoms with van der Waals surface area (Å²) in [6, 6.07) is 7.59. The van der Waals surface area contributed by atoms with Crippen LogP contribution in [0.2, 0.25) is 5.02 Å². The molecule has 0 atom stereocenters. The fourth-order valence-corrected chi connectivity index (χ4v) is 3.23. The van der Waals surface area contributed by atoms with Gasteiger partial charge in [-0.1, -0.05) is 36.8 Å². The van der Waals surface area contributed by atoms with Crippen molar-refractivity contribution in [2.24, 2.45) is 0 Å². The van der Waals surface area contributed by atoms with Crippen LogP contribution in [0.1, 0.15) is 31.2 Å². The van der Waals surface area contributed by atoms with E-state index in [0.29, 0.717) is 28.2 Å². The van der Waals surface area contributed by atoms with Crippen LogP contribution >= 0.6 is 34.7 Å². The number of carbonyl (C=O) groups excluding carboxylic acids is 1. The molecule has 4 nitrogen and oxygen atoms in total. The average Bonchev–Trinajstić information content (AvgIpc) is 2.90. The van der Waals surface area contributed by atoms with Crippen LogP contribution in [0.3, 0.4) is 0 Å². The monoisotopic (exact) mass is 341 g/mol. The van der Waals surface area contributed by atoms with Gasteiger partial charge < -0.3 is 5.32 Å². The van der Waals surface area contributed by atoms with Crippen LogP contribution in [0.15, 0.2) is 29.2 Å². The zero-order valence-corrected chi connectivity index (χ0v) is 14.2. The van der Waals surface area contributed by atoms with E-state index in [4.69, 9.17) is 11.6 Å². The van der Waals surface area contributed by atoms with Gasteiger partial charge in [0.05, 0.1) is 0 Å². The van der Waals surface area contributed by atoms with E-state index in [2.05, 4.69) is 29.4 Å². The summed E-state index contributed by atoms with van der Waals surface area (Å²) in [4.78, 5) is 12.9. The molecule has 0 aliphatic heterocycles. The molecule has 2 rings (SSSR count). The zero-order valence-electron chi connectivity index (χ0n) is 11.8. The Morgan fingerprint density at radius 3 is 2.67 bits per heavy atom. The van der Waals surface area contributed by atoms with Gasteiger partial charge in [-0.2, -0.15) is 0 Å². The number of anilines is 1. The summed E-state index contributed by atoms with van der Waals surface area (Å²) < 4.78 is 0. The summed E-state index contributed by atoms with van der Waals surface area (Å²) in [5, 5.41) is 13.0. The van der Waals surface area contributed by atoms with E-state index in [-0.39, 0.29) is 5.91 Å². The molecule has 2 aromatic rings. The van der Waals surface area contributed by atoms with Crippen LogP contribution in [0.4, 0.5) is 5.13 Å². The SMILES string of the molecule is CC(C)c1nnc(NC(=O)CCSc2ccc(Cl)cc2)s1. The molecule has 1 aromatic heterocycles. The number of rotatable bonds is 6. The molecule has 0 radical (unpaired) electrons. The second-order valence-corrected chi connectivity index (χ2v) is 7.31. The molecule has 0 aliphatic rings. The third kappa shape index (κ3) is 5.30. The Hall–Kier alpha value is -1.11. The van der Waals surface area contributed by atoms with Crippen molar-refractivity contribution in [2.75, 3.05) is 11.1 Å². The number of benzene rings is 1. The van der Waals surface area contributed by atoms with Crippen molar-refractivity contribution in [3.8, 4) is 0 Å². The fraction of sp³-hybridized carbons (Fsp3) is 0.357. The molecule has 0 saturated heterocycles. The highest BCUT2D eigenvalue weighted by Crippen LogP contribution is 2.23. The molecular weight excluding hydrogens is 326 g/mol. The molecule has 0 fully saturated rings. The Kier molecular flexibility index (Phi) is 6.02. The second-order valence-electron chi connectivity index (χ2n) is 4.70. The van der Waals surface area contributed by atoms with Crippen molar-refractivity contribution in [1.82, 2.24) is 10.2 Å². The third-order valence-corrected chi connectivity index (χ3v) is 5.00. The van der Waals surface area contributed by atoms with Crippen molar-refractivity contribution < 1.29 is 4.79 Å². The van der Waals surface area contributed by atoms with Crippen LogP contribution in [0, 0.1) is 0 Å². The molecule has 0 unspecified atom stereocenters. The minimum Gasteiger partial charge on any atom is -0.301 e. The van der Waals surface area contributed by atoms with E-state index in [1.165, 1.54) is 11.3 Å². The summed E-state index contributed by atoms with van der Waals surface area (Å²) in [6.07, 6.45) is 0.434. The Bertz CT molecular complexity index is 599. The lowest BCUT2D eigenvalue weighted by Crippen LogP contribution is -2.11. The summed E-state index contributed by atoms with van der Waals surface area (Å²) in [7, 11) is 0. The maximum Gasteiger partial charge on any atom is 0.227 e. The number of amides is 1. The maximum atomic E-state index is 11.8. The highest BCUT2D eigenvalue weighted by atomic mass is 35.5. The van der Waals surface area contributed by atoms with E-state index in [0.717, 1.165) is 9.90 Å². The van der Waals surface area contributed by atoms with Gasteiger partial charge in [-0.15, -0.1) is 22.0 Å².